The Labute approximate surface area is 158 Å². The third-order valence-electron chi connectivity index (χ3n) is 3.56. The van der Waals surface area contributed by atoms with Crippen molar-refractivity contribution in [1.82, 2.24) is 20.6 Å². The number of H-pyrrole nitrogens is 1. The Bertz CT molecular complexity index is 1060. The smallest absolute Gasteiger partial charge is 0.204 e. The van der Waals surface area contributed by atoms with Gasteiger partial charge < -0.3 is 9.15 Å². The summed E-state index contributed by atoms with van der Waals surface area (Å²) in [5.41, 5.74) is 1.62. The van der Waals surface area contributed by atoms with Crippen molar-refractivity contribution in [3.63, 3.8) is 0 Å². The van der Waals surface area contributed by atoms with Crippen LogP contribution in [0, 0.1) is 0 Å². The fourth-order valence-electron chi connectivity index (χ4n) is 2.51. The number of benzene rings is 2. The molecule has 1 radical (unpaired) electrons. The molecule has 0 fully saturated rings. The van der Waals surface area contributed by atoms with E-state index in [9.17, 15) is 4.79 Å². The fraction of sp³-hybridized carbons (Fsp3) is 0.125. The average Bonchev–Trinajstić information content (AvgIpc) is 3.10. The van der Waals surface area contributed by atoms with Crippen molar-refractivity contribution in [3.05, 3.63) is 46.6 Å². The van der Waals surface area contributed by atoms with E-state index < -0.39 is 0 Å². The molecule has 1 N–H and O–H groups in total. The van der Waals surface area contributed by atoms with E-state index in [0.717, 1.165) is 5.56 Å². The minimum atomic E-state index is -0.0949. The minimum absolute atomic E-state index is 0. The summed E-state index contributed by atoms with van der Waals surface area (Å²) >= 11 is 0. The van der Waals surface area contributed by atoms with Gasteiger partial charge in [-0.25, -0.2) is 0 Å². The van der Waals surface area contributed by atoms with Crippen molar-refractivity contribution in [1.29, 1.82) is 0 Å². The molecule has 0 amide bonds. The van der Waals surface area contributed by atoms with Crippen LogP contribution in [0.15, 0.2) is 45.6 Å². The molecular weight excluding hydrogens is 319 g/mol. The summed E-state index contributed by atoms with van der Waals surface area (Å²) in [5, 5.41) is 14.8. The predicted molar refractivity (Wildman–Crippen MR) is 90.1 cm³/mol. The minimum Gasteiger partial charge on any atom is -0.494 e. The Morgan fingerprint density at radius 2 is 2.00 bits per heavy atom. The molecule has 2 aromatic carbocycles. The molecule has 0 aliphatic carbocycles. The predicted octanol–water partition coefficient (Wildman–Crippen LogP) is 2.14. The van der Waals surface area contributed by atoms with Gasteiger partial charge >= 0.3 is 0 Å². The van der Waals surface area contributed by atoms with E-state index in [-0.39, 0.29) is 35.0 Å². The average molecular weight is 331 g/mol. The van der Waals surface area contributed by atoms with Gasteiger partial charge in [-0.05, 0) is 42.5 Å². The zero-order valence-electron chi connectivity index (χ0n) is 13.2. The van der Waals surface area contributed by atoms with Gasteiger partial charge in [0, 0.05) is 35.1 Å². The fourth-order valence-corrected chi connectivity index (χ4v) is 2.51. The molecule has 8 heteroatoms. The molecule has 0 atom stereocenters. The van der Waals surface area contributed by atoms with Crippen LogP contribution in [0.3, 0.4) is 0 Å². The van der Waals surface area contributed by atoms with E-state index in [4.69, 9.17) is 9.15 Å². The molecule has 0 saturated carbocycles. The number of fused-ring (bicyclic) bond motifs is 2. The second-order valence-electron chi connectivity index (χ2n) is 4.97. The first-order valence-corrected chi connectivity index (χ1v) is 7.13. The summed E-state index contributed by atoms with van der Waals surface area (Å²) in [6.45, 7) is 2.44. The molecule has 0 unspecified atom stereocenters. The zero-order valence-corrected chi connectivity index (χ0v) is 15.2. The first-order chi connectivity index (χ1) is 11.3. The maximum atomic E-state index is 12.7. The van der Waals surface area contributed by atoms with Gasteiger partial charge in [0.15, 0.2) is 0 Å². The molecule has 0 aliphatic heterocycles. The SMILES string of the molecule is CCOc1ccc2oc3cc(-c4nn[nH]n4)ccc3c(=O)c2c1.[Na]. The summed E-state index contributed by atoms with van der Waals surface area (Å²) in [6, 6.07) is 10.4. The third-order valence-corrected chi connectivity index (χ3v) is 3.56. The number of aromatic amines is 1. The summed E-state index contributed by atoms with van der Waals surface area (Å²) < 4.78 is 11.3. The Balaban J connectivity index is 0.00000169. The van der Waals surface area contributed by atoms with Gasteiger partial charge in [0.1, 0.15) is 16.9 Å². The number of hydrogen-bond acceptors (Lipinski definition) is 6. The van der Waals surface area contributed by atoms with Gasteiger partial charge in [-0.2, -0.15) is 5.21 Å². The first kappa shape index (κ1) is 16.6. The molecular formula is C16H12N4NaO3. The van der Waals surface area contributed by atoms with Crippen molar-refractivity contribution in [2.45, 2.75) is 6.92 Å². The van der Waals surface area contributed by atoms with Crippen LogP contribution in [-0.4, -0.2) is 56.8 Å². The van der Waals surface area contributed by atoms with Crippen molar-refractivity contribution in [2.75, 3.05) is 6.61 Å². The second kappa shape index (κ2) is 6.72. The monoisotopic (exact) mass is 331 g/mol. The second-order valence-corrected chi connectivity index (χ2v) is 4.97. The van der Waals surface area contributed by atoms with E-state index in [0.29, 0.717) is 40.1 Å². The Kier molecular flexibility index (Phi) is 4.66. The topological polar surface area (TPSA) is 93.9 Å². The van der Waals surface area contributed by atoms with Crippen LogP contribution in [-0.2, 0) is 0 Å². The van der Waals surface area contributed by atoms with E-state index in [1.807, 2.05) is 6.92 Å². The van der Waals surface area contributed by atoms with Gasteiger partial charge in [0.05, 0.1) is 17.4 Å². The number of rotatable bonds is 3. The summed E-state index contributed by atoms with van der Waals surface area (Å²) in [5.74, 6) is 1.09. The van der Waals surface area contributed by atoms with Gasteiger partial charge in [-0.1, -0.05) is 6.07 Å². The third kappa shape index (κ3) is 2.82. The van der Waals surface area contributed by atoms with Crippen LogP contribution < -0.4 is 10.2 Å². The van der Waals surface area contributed by atoms with Gasteiger partial charge in [0.25, 0.3) is 0 Å². The molecule has 2 heterocycles. The summed E-state index contributed by atoms with van der Waals surface area (Å²) in [6.07, 6.45) is 0. The maximum absolute atomic E-state index is 12.7. The largest absolute Gasteiger partial charge is 0.494 e. The molecule has 24 heavy (non-hydrogen) atoms. The standard InChI is InChI=1S/C16H12N4O3.Na/c1-2-22-10-4-6-13-12(8-10)15(21)11-5-3-9(7-14(11)23-13)16-17-19-20-18-16;/h3-8H,2H2,1H3,(H,17,18,19,20);. The van der Waals surface area contributed by atoms with E-state index in [2.05, 4.69) is 20.6 Å². The molecule has 115 valence electrons. The van der Waals surface area contributed by atoms with Crippen LogP contribution in [0.2, 0.25) is 0 Å². The van der Waals surface area contributed by atoms with Crippen molar-refractivity contribution < 1.29 is 9.15 Å². The number of ether oxygens (including phenoxy) is 1. The number of aromatic nitrogens is 4. The molecule has 4 aromatic rings. The van der Waals surface area contributed by atoms with Crippen LogP contribution in [0.25, 0.3) is 33.3 Å². The van der Waals surface area contributed by atoms with Crippen LogP contribution in [0.4, 0.5) is 0 Å². The van der Waals surface area contributed by atoms with Crippen LogP contribution >= 0.6 is 0 Å². The molecule has 4 rings (SSSR count). The molecule has 2 aromatic heterocycles. The molecule has 7 nitrogen and oxygen atoms in total. The number of hydrogen-bond donors (Lipinski definition) is 1. The van der Waals surface area contributed by atoms with Gasteiger partial charge in [-0.3, -0.25) is 4.79 Å². The molecule has 0 aliphatic rings. The van der Waals surface area contributed by atoms with E-state index >= 15 is 0 Å². The molecule has 0 spiro atoms. The Morgan fingerprint density at radius 1 is 1.12 bits per heavy atom. The van der Waals surface area contributed by atoms with Crippen molar-refractivity contribution in [2.24, 2.45) is 0 Å². The van der Waals surface area contributed by atoms with Gasteiger partial charge in [-0.15, -0.1) is 10.2 Å². The van der Waals surface area contributed by atoms with Gasteiger partial charge in [0.2, 0.25) is 11.3 Å². The zero-order chi connectivity index (χ0) is 15.8. The van der Waals surface area contributed by atoms with E-state index in [1.165, 1.54) is 0 Å². The number of tetrazole rings is 1. The quantitative estimate of drug-likeness (QED) is 0.457. The Hall–Kier alpha value is -2.22. The van der Waals surface area contributed by atoms with Crippen LogP contribution in [0.5, 0.6) is 5.75 Å². The normalized spacial score (nSPS) is 10.7. The van der Waals surface area contributed by atoms with Crippen molar-refractivity contribution >= 4 is 51.5 Å². The molecule has 0 bridgehead atoms. The summed E-state index contributed by atoms with van der Waals surface area (Å²) in [7, 11) is 0. The van der Waals surface area contributed by atoms with Crippen molar-refractivity contribution in [3.8, 4) is 17.1 Å². The number of nitrogens with one attached hydrogen (secondary N) is 1. The summed E-state index contributed by atoms with van der Waals surface area (Å²) in [4.78, 5) is 12.7. The maximum Gasteiger partial charge on any atom is 0.204 e. The Morgan fingerprint density at radius 3 is 2.75 bits per heavy atom. The first-order valence-electron chi connectivity index (χ1n) is 7.13. The number of nitrogens with zero attached hydrogens (tertiary/aromatic N) is 3. The van der Waals surface area contributed by atoms with Crippen LogP contribution in [0.1, 0.15) is 6.92 Å². The molecule has 0 saturated heterocycles. The van der Waals surface area contributed by atoms with E-state index in [1.54, 1.807) is 36.4 Å².